The van der Waals surface area contributed by atoms with Crippen LogP contribution in [-0.2, 0) is 13.5 Å². The fraction of sp³-hybridized carbons (Fsp3) is 0.348. The van der Waals surface area contributed by atoms with E-state index in [1.165, 1.54) is 12.3 Å². The van der Waals surface area contributed by atoms with Gasteiger partial charge in [-0.3, -0.25) is 14.6 Å². The molecule has 0 bridgehead atoms. The van der Waals surface area contributed by atoms with Gasteiger partial charge in [0.05, 0.1) is 0 Å². The quantitative estimate of drug-likeness (QED) is 0.524. The number of nitrogens with zero attached hydrogens (tertiary/aromatic N) is 4. The lowest BCUT2D eigenvalue weighted by Crippen LogP contribution is -2.36. The van der Waals surface area contributed by atoms with Crippen LogP contribution in [0.25, 0.3) is 0 Å². The van der Waals surface area contributed by atoms with Crippen LogP contribution in [-0.4, -0.2) is 50.7 Å². The molecule has 1 aliphatic rings. The summed E-state index contributed by atoms with van der Waals surface area (Å²) in [6.45, 7) is 3.76. The van der Waals surface area contributed by atoms with Crippen LogP contribution in [0.3, 0.4) is 0 Å². The highest BCUT2D eigenvalue weighted by atomic mass is 16.2. The number of benzene rings is 1. The van der Waals surface area contributed by atoms with Crippen molar-refractivity contribution in [1.29, 1.82) is 0 Å². The third-order valence-electron chi connectivity index (χ3n) is 5.66. The van der Waals surface area contributed by atoms with Crippen LogP contribution in [0.1, 0.15) is 51.5 Å². The molecule has 3 aromatic rings. The minimum absolute atomic E-state index is 0.110. The molecule has 2 aromatic heterocycles. The van der Waals surface area contributed by atoms with Gasteiger partial charge in [-0.1, -0.05) is 19.1 Å². The van der Waals surface area contributed by atoms with E-state index in [1.54, 1.807) is 12.4 Å². The normalized spacial score (nSPS) is 16.5. The molecule has 2 atom stereocenters. The summed E-state index contributed by atoms with van der Waals surface area (Å²) >= 11 is 0. The van der Waals surface area contributed by atoms with Gasteiger partial charge in [0, 0.05) is 43.5 Å². The van der Waals surface area contributed by atoms with Gasteiger partial charge in [0.2, 0.25) is 0 Å². The number of hydrogen-bond donors (Lipinski definition) is 3. The van der Waals surface area contributed by atoms with E-state index in [4.69, 9.17) is 0 Å². The molecule has 9 nitrogen and oxygen atoms in total. The Bertz CT molecular complexity index is 1100. The van der Waals surface area contributed by atoms with Gasteiger partial charge in [0.1, 0.15) is 17.8 Å². The summed E-state index contributed by atoms with van der Waals surface area (Å²) < 4.78 is 1.90. The Morgan fingerprint density at radius 2 is 2.12 bits per heavy atom. The van der Waals surface area contributed by atoms with Crippen molar-refractivity contribution in [3.63, 3.8) is 0 Å². The SMILES string of the molecule is C[C@H](Cc1nncn1C)c1cccc(NC(=O)c2cc(C(=O)N[C@@H]3CCNC3)ccn2)c1. The first-order valence-electron chi connectivity index (χ1n) is 10.7. The molecular formula is C23H27N7O2. The molecule has 1 fully saturated rings. The van der Waals surface area contributed by atoms with E-state index in [0.717, 1.165) is 37.3 Å². The molecule has 0 radical (unpaired) electrons. The Morgan fingerprint density at radius 3 is 2.88 bits per heavy atom. The van der Waals surface area contributed by atoms with E-state index in [-0.39, 0.29) is 29.5 Å². The fourth-order valence-corrected chi connectivity index (χ4v) is 3.74. The molecule has 0 spiro atoms. The standard InChI is InChI=1S/C23H27N7O2/c1-15(10-21-29-26-14-30(21)2)16-4-3-5-18(11-16)27-23(32)20-12-17(6-9-25-20)22(31)28-19-7-8-24-13-19/h3-6,9,11-12,14-15,19,24H,7-8,10,13H2,1-2H3,(H,27,32)(H,28,31)/t15-,19-/m1/s1. The highest BCUT2D eigenvalue weighted by Gasteiger charge is 2.19. The lowest BCUT2D eigenvalue weighted by Gasteiger charge is -2.14. The summed E-state index contributed by atoms with van der Waals surface area (Å²) in [7, 11) is 1.92. The highest BCUT2D eigenvalue weighted by Crippen LogP contribution is 2.22. The third kappa shape index (κ3) is 5.17. The highest BCUT2D eigenvalue weighted by molar-refractivity contribution is 6.04. The zero-order valence-electron chi connectivity index (χ0n) is 18.2. The van der Waals surface area contributed by atoms with Crippen LogP contribution in [0.2, 0.25) is 0 Å². The molecule has 166 valence electrons. The number of carbonyl (C=O) groups is 2. The van der Waals surface area contributed by atoms with E-state index in [1.807, 2.05) is 35.9 Å². The summed E-state index contributed by atoms with van der Waals surface area (Å²) in [5.74, 6) is 0.541. The molecule has 3 N–H and O–H groups in total. The van der Waals surface area contributed by atoms with Crippen LogP contribution in [0, 0.1) is 0 Å². The number of hydrogen-bond acceptors (Lipinski definition) is 6. The van der Waals surface area contributed by atoms with E-state index in [0.29, 0.717) is 11.3 Å². The van der Waals surface area contributed by atoms with E-state index < -0.39 is 0 Å². The van der Waals surface area contributed by atoms with Gasteiger partial charge in [-0.05, 0) is 48.7 Å². The number of amides is 2. The molecule has 0 saturated carbocycles. The van der Waals surface area contributed by atoms with Crippen molar-refractivity contribution >= 4 is 17.5 Å². The van der Waals surface area contributed by atoms with Gasteiger partial charge in [-0.15, -0.1) is 10.2 Å². The first-order chi connectivity index (χ1) is 15.5. The summed E-state index contributed by atoms with van der Waals surface area (Å²) in [6.07, 6.45) is 4.81. The summed E-state index contributed by atoms with van der Waals surface area (Å²) in [6, 6.07) is 11.0. The predicted molar refractivity (Wildman–Crippen MR) is 120 cm³/mol. The van der Waals surface area contributed by atoms with E-state index in [9.17, 15) is 9.59 Å². The number of anilines is 1. The average Bonchev–Trinajstić information content (AvgIpc) is 3.46. The van der Waals surface area contributed by atoms with Crippen LogP contribution < -0.4 is 16.0 Å². The van der Waals surface area contributed by atoms with Gasteiger partial charge in [0.15, 0.2) is 0 Å². The Labute approximate surface area is 186 Å². The largest absolute Gasteiger partial charge is 0.348 e. The van der Waals surface area contributed by atoms with E-state index >= 15 is 0 Å². The smallest absolute Gasteiger partial charge is 0.274 e. The maximum absolute atomic E-state index is 12.8. The van der Waals surface area contributed by atoms with Gasteiger partial charge < -0.3 is 20.5 Å². The monoisotopic (exact) mass is 433 g/mol. The third-order valence-corrected chi connectivity index (χ3v) is 5.66. The minimum Gasteiger partial charge on any atom is -0.348 e. The zero-order chi connectivity index (χ0) is 22.5. The summed E-state index contributed by atoms with van der Waals surface area (Å²) in [4.78, 5) is 29.4. The Kier molecular flexibility index (Phi) is 6.55. The summed E-state index contributed by atoms with van der Waals surface area (Å²) in [5.41, 5.74) is 2.37. The van der Waals surface area contributed by atoms with Crippen molar-refractivity contribution < 1.29 is 9.59 Å². The van der Waals surface area contributed by atoms with Gasteiger partial charge in [-0.25, -0.2) is 0 Å². The number of rotatable bonds is 7. The molecule has 0 unspecified atom stereocenters. The first kappa shape index (κ1) is 21.6. The van der Waals surface area contributed by atoms with Crippen LogP contribution in [0.5, 0.6) is 0 Å². The zero-order valence-corrected chi connectivity index (χ0v) is 18.2. The number of carbonyl (C=O) groups excluding carboxylic acids is 2. The Hall–Kier alpha value is -3.59. The van der Waals surface area contributed by atoms with Gasteiger partial charge in [0.25, 0.3) is 11.8 Å². The van der Waals surface area contributed by atoms with Crippen molar-refractivity contribution in [1.82, 2.24) is 30.4 Å². The van der Waals surface area contributed by atoms with Crippen molar-refractivity contribution in [3.8, 4) is 0 Å². The van der Waals surface area contributed by atoms with Crippen LogP contribution in [0.4, 0.5) is 5.69 Å². The van der Waals surface area contributed by atoms with Gasteiger partial charge >= 0.3 is 0 Å². The topological polar surface area (TPSA) is 114 Å². The molecule has 4 rings (SSSR count). The molecule has 32 heavy (non-hydrogen) atoms. The minimum atomic E-state index is -0.361. The number of aryl methyl sites for hydroxylation is 1. The number of nitrogens with one attached hydrogen (secondary N) is 3. The molecule has 1 aliphatic heterocycles. The van der Waals surface area contributed by atoms with Gasteiger partial charge in [-0.2, -0.15) is 0 Å². The molecule has 1 aromatic carbocycles. The van der Waals surface area contributed by atoms with Crippen molar-refractivity contribution in [3.05, 3.63) is 71.6 Å². The summed E-state index contributed by atoms with van der Waals surface area (Å²) in [5, 5.41) is 17.2. The average molecular weight is 434 g/mol. The van der Waals surface area contributed by atoms with Crippen molar-refractivity contribution in [2.24, 2.45) is 7.05 Å². The maximum Gasteiger partial charge on any atom is 0.274 e. The van der Waals surface area contributed by atoms with Crippen LogP contribution in [0.15, 0.2) is 48.9 Å². The molecule has 0 aliphatic carbocycles. The second-order valence-electron chi connectivity index (χ2n) is 8.14. The molecular weight excluding hydrogens is 406 g/mol. The second-order valence-corrected chi connectivity index (χ2v) is 8.14. The molecule has 2 amide bonds. The predicted octanol–water partition coefficient (Wildman–Crippen LogP) is 1.90. The van der Waals surface area contributed by atoms with Crippen molar-refractivity contribution in [2.45, 2.75) is 31.7 Å². The Morgan fingerprint density at radius 1 is 1.25 bits per heavy atom. The molecule has 3 heterocycles. The first-order valence-corrected chi connectivity index (χ1v) is 10.7. The van der Waals surface area contributed by atoms with E-state index in [2.05, 4.69) is 38.1 Å². The Balaban J connectivity index is 1.42. The van der Waals surface area contributed by atoms with Crippen LogP contribution >= 0.6 is 0 Å². The van der Waals surface area contributed by atoms with Crippen molar-refractivity contribution in [2.75, 3.05) is 18.4 Å². The second kappa shape index (κ2) is 9.69. The molecule has 9 heteroatoms. The lowest BCUT2D eigenvalue weighted by molar-refractivity contribution is 0.0940. The number of aromatic nitrogens is 4. The lowest BCUT2D eigenvalue weighted by atomic mass is 9.97. The molecule has 1 saturated heterocycles. The number of pyridine rings is 1. The maximum atomic E-state index is 12.8. The fourth-order valence-electron chi connectivity index (χ4n) is 3.74.